The SMILES string of the molecule is COCCN1C[C@H](c2cc(=O)n3[nH]c(COC)c(-c4ccc(C)cc4)c3n2)CC1=O. The Balaban J connectivity index is 1.79. The smallest absolute Gasteiger partial charge is 0.272 e. The number of aromatic amines is 1. The quantitative estimate of drug-likeness (QED) is 0.644. The van der Waals surface area contributed by atoms with Crippen LogP contribution in [0.3, 0.4) is 0 Å². The first-order valence-electron chi connectivity index (χ1n) is 9.99. The van der Waals surface area contributed by atoms with Crippen LogP contribution in [0.2, 0.25) is 0 Å². The van der Waals surface area contributed by atoms with Gasteiger partial charge in [0, 0.05) is 51.3 Å². The van der Waals surface area contributed by atoms with E-state index in [0.717, 1.165) is 22.4 Å². The Morgan fingerprint density at radius 2 is 1.93 bits per heavy atom. The summed E-state index contributed by atoms with van der Waals surface area (Å²) >= 11 is 0. The predicted octanol–water partition coefficient (Wildman–Crippen LogP) is 2.11. The predicted molar refractivity (Wildman–Crippen MR) is 113 cm³/mol. The number of carbonyl (C=O) groups is 1. The molecule has 158 valence electrons. The lowest BCUT2D eigenvalue weighted by Crippen LogP contribution is -2.28. The van der Waals surface area contributed by atoms with Crippen molar-refractivity contribution in [1.29, 1.82) is 0 Å². The van der Waals surface area contributed by atoms with Gasteiger partial charge >= 0.3 is 0 Å². The van der Waals surface area contributed by atoms with Crippen LogP contribution >= 0.6 is 0 Å². The topological polar surface area (TPSA) is 88.9 Å². The zero-order valence-corrected chi connectivity index (χ0v) is 17.5. The first-order chi connectivity index (χ1) is 14.5. The largest absolute Gasteiger partial charge is 0.383 e. The third-order valence-corrected chi connectivity index (χ3v) is 5.54. The standard InChI is InChI=1S/C22H26N4O4/c1-14-4-6-15(7-5-14)21-18(13-30-3)24-26-20(28)11-17(23-22(21)26)16-10-19(27)25(12-16)8-9-29-2/h4-7,11,16,24H,8-10,12-13H2,1-3H3/t16-/m1/s1. The van der Waals surface area contributed by atoms with Crippen LogP contribution in [0, 0.1) is 6.92 Å². The van der Waals surface area contributed by atoms with Gasteiger partial charge in [0.05, 0.1) is 24.6 Å². The van der Waals surface area contributed by atoms with Gasteiger partial charge in [-0.2, -0.15) is 0 Å². The van der Waals surface area contributed by atoms with E-state index in [0.29, 0.717) is 44.1 Å². The molecule has 1 amide bonds. The summed E-state index contributed by atoms with van der Waals surface area (Å²) in [5.41, 5.74) is 4.73. The monoisotopic (exact) mass is 410 g/mol. The van der Waals surface area contributed by atoms with E-state index in [1.165, 1.54) is 10.6 Å². The lowest BCUT2D eigenvalue weighted by molar-refractivity contribution is -0.128. The summed E-state index contributed by atoms with van der Waals surface area (Å²) in [6.07, 6.45) is 0.349. The number of H-pyrrole nitrogens is 1. The minimum Gasteiger partial charge on any atom is -0.383 e. The van der Waals surface area contributed by atoms with Crippen molar-refractivity contribution in [2.45, 2.75) is 25.9 Å². The van der Waals surface area contributed by atoms with Crippen LogP contribution in [0.1, 0.15) is 29.3 Å². The van der Waals surface area contributed by atoms with Gasteiger partial charge in [0.1, 0.15) is 0 Å². The van der Waals surface area contributed by atoms with Crippen LogP contribution in [-0.2, 0) is 20.9 Å². The summed E-state index contributed by atoms with van der Waals surface area (Å²) in [6.45, 7) is 3.93. The van der Waals surface area contributed by atoms with Crippen LogP contribution in [0.4, 0.5) is 0 Å². The number of hydrogen-bond acceptors (Lipinski definition) is 5. The lowest BCUT2D eigenvalue weighted by atomic mass is 10.0. The van der Waals surface area contributed by atoms with Gasteiger partial charge in [-0.1, -0.05) is 29.8 Å². The van der Waals surface area contributed by atoms with Crippen LogP contribution in [0.15, 0.2) is 35.1 Å². The molecule has 3 aromatic rings. The zero-order valence-electron chi connectivity index (χ0n) is 17.5. The van der Waals surface area contributed by atoms with E-state index in [1.54, 1.807) is 19.1 Å². The summed E-state index contributed by atoms with van der Waals surface area (Å²) in [5.74, 6) is -0.0503. The number of fused-ring (bicyclic) bond motifs is 1. The maximum absolute atomic E-state index is 12.9. The van der Waals surface area contributed by atoms with E-state index in [4.69, 9.17) is 14.5 Å². The summed E-state index contributed by atoms with van der Waals surface area (Å²) in [4.78, 5) is 31.8. The fourth-order valence-electron chi connectivity index (χ4n) is 3.97. The summed E-state index contributed by atoms with van der Waals surface area (Å²) < 4.78 is 11.9. The fraction of sp³-hybridized carbons (Fsp3) is 0.409. The van der Waals surface area contributed by atoms with Crippen LogP contribution < -0.4 is 5.56 Å². The molecule has 4 rings (SSSR count). The van der Waals surface area contributed by atoms with Crippen molar-refractivity contribution in [3.63, 3.8) is 0 Å². The highest BCUT2D eigenvalue weighted by Crippen LogP contribution is 2.31. The van der Waals surface area contributed by atoms with E-state index in [1.807, 2.05) is 31.2 Å². The van der Waals surface area contributed by atoms with E-state index in [9.17, 15) is 9.59 Å². The first kappa shape index (κ1) is 20.3. The maximum atomic E-state index is 12.9. The molecular formula is C22H26N4O4. The maximum Gasteiger partial charge on any atom is 0.272 e. The summed E-state index contributed by atoms with van der Waals surface area (Å²) in [7, 11) is 3.23. The number of rotatable bonds is 7. The summed E-state index contributed by atoms with van der Waals surface area (Å²) in [6, 6.07) is 9.61. The number of nitrogens with one attached hydrogen (secondary N) is 1. The second kappa shape index (κ2) is 8.41. The van der Waals surface area contributed by atoms with Gasteiger partial charge in [-0.05, 0) is 12.5 Å². The third kappa shape index (κ3) is 3.76. The van der Waals surface area contributed by atoms with Gasteiger partial charge in [0.15, 0.2) is 5.65 Å². The average molecular weight is 410 g/mol. The van der Waals surface area contributed by atoms with E-state index in [-0.39, 0.29) is 17.4 Å². The molecule has 1 aliphatic rings. The molecule has 0 saturated carbocycles. The highest BCUT2D eigenvalue weighted by Gasteiger charge is 2.32. The number of methoxy groups -OCH3 is 2. The van der Waals surface area contributed by atoms with Crippen molar-refractivity contribution < 1.29 is 14.3 Å². The number of ether oxygens (including phenoxy) is 2. The highest BCUT2D eigenvalue weighted by atomic mass is 16.5. The molecule has 1 saturated heterocycles. The van der Waals surface area contributed by atoms with Gasteiger partial charge in [-0.3, -0.25) is 14.7 Å². The number of hydrogen-bond donors (Lipinski definition) is 1. The Morgan fingerprint density at radius 1 is 1.17 bits per heavy atom. The zero-order chi connectivity index (χ0) is 21.3. The Morgan fingerprint density at radius 3 is 2.63 bits per heavy atom. The molecule has 3 heterocycles. The molecular weight excluding hydrogens is 384 g/mol. The highest BCUT2D eigenvalue weighted by molar-refractivity contribution is 5.81. The van der Waals surface area contributed by atoms with Crippen molar-refractivity contribution in [2.24, 2.45) is 0 Å². The molecule has 1 fully saturated rings. The summed E-state index contributed by atoms with van der Waals surface area (Å²) in [5, 5.41) is 3.13. The molecule has 2 aromatic heterocycles. The van der Waals surface area contributed by atoms with E-state index >= 15 is 0 Å². The van der Waals surface area contributed by atoms with Crippen LogP contribution in [0.25, 0.3) is 16.8 Å². The molecule has 0 unspecified atom stereocenters. The minimum absolute atomic E-state index is 0.0620. The average Bonchev–Trinajstić information content (AvgIpc) is 3.28. The molecule has 0 radical (unpaired) electrons. The second-order valence-electron chi connectivity index (χ2n) is 7.68. The van der Waals surface area contributed by atoms with Gasteiger partial charge < -0.3 is 14.4 Å². The van der Waals surface area contributed by atoms with Crippen molar-refractivity contribution in [3.8, 4) is 11.1 Å². The Labute approximate surface area is 174 Å². The number of nitrogens with zero attached hydrogens (tertiary/aromatic N) is 3. The van der Waals surface area contributed by atoms with Crippen molar-refractivity contribution in [3.05, 3.63) is 57.6 Å². The van der Waals surface area contributed by atoms with E-state index < -0.39 is 0 Å². The van der Waals surface area contributed by atoms with Crippen LogP contribution in [0.5, 0.6) is 0 Å². The van der Waals surface area contributed by atoms with Crippen molar-refractivity contribution >= 4 is 11.6 Å². The molecule has 0 bridgehead atoms. The van der Waals surface area contributed by atoms with Gasteiger partial charge in [0.25, 0.3) is 5.56 Å². The third-order valence-electron chi connectivity index (χ3n) is 5.54. The van der Waals surface area contributed by atoms with Crippen LogP contribution in [-0.4, -0.2) is 59.3 Å². The van der Waals surface area contributed by atoms with Gasteiger partial charge in [-0.15, -0.1) is 0 Å². The lowest BCUT2D eigenvalue weighted by Gasteiger charge is -2.15. The normalized spacial score (nSPS) is 16.7. The Hall–Kier alpha value is -2.97. The first-order valence-corrected chi connectivity index (χ1v) is 9.99. The van der Waals surface area contributed by atoms with Crippen molar-refractivity contribution in [2.75, 3.05) is 33.9 Å². The molecule has 0 spiro atoms. The Kier molecular flexibility index (Phi) is 5.69. The molecule has 1 atom stereocenters. The number of amides is 1. The molecule has 1 N–H and O–H groups in total. The molecule has 30 heavy (non-hydrogen) atoms. The minimum atomic E-state index is -0.200. The molecule has 0 aliphatic carbocycles. The number of carbonyl (C=O) groups excluding carboxylic acids is 1. The molecule has 1 aliphatic heterocycles. The van der Waals surface area contributed by atoms with Gasteiger partial charge in [0.2, 0.25) is 5.91 Å². The number of aryl methyl sites for hydroxylation is 1. The number of likely N-dealkylation sites (tertiary alicyclic amines) is 1. The molecule has 8 nitrogen and oxygen atoms in total. The molecule has 1 aromatic carbocycles. The number of aromatic nitrogens is 3. The number of benzene rings is 1. The Bertz CT molecular complexity index is 1120. The van der Waals surface area contributed by atoms with Crippen molar-refractivity contribution in [1.82, 2.24) is 19.5 Å². The fourth-order valence-corrected chi connectivity index (χ4v) is 3.97. The second-order valence-corrected chi connectivity index (χ2v) is 7.68. The van der Waals surface area contributed by atoms with Gasteiger partial charge in [-0.25, -0.2) is 9.50 Å². The van der Waals surface area contributed by atoms with E-state index in [2.05, 4.69) is 5.10 Å². The molecule has 8 heteroatoms.